The van der Waals surface area contributed by atoms with Gasteiger partial charge in [0.15, 0.2) is 5.96 Å². The first-order chi connectivity index (χ1) is 11.9. The second-order valence-corrected chi connectivity index (χ2v) is 7.82. The van der Waals surface area contributed by atoms with Gasteiger partial charge in [-0.3, -0.25) is 0 Å². The molecule has 0 fully saturated rings. The van der Waals surface area contributed by atoms with Crippen LogP contribution < -0.4 is 10.6 Å². The summed E-state index contributed by atoms with van der Waals surface area (Å²) in [4.78, 5) is 9.22. The van der Waals surface area contributed by atoms with Crippen LogP contribution in [0.4, 0.5) is 4.39 Å². The average molecular weight is 490 g/mol. The van der Waals surface area contributed by atoms with Gasteiger partial charge in [-0.2, -0.15) is 0 Å². The van der Waals surface area contributed by atoms with E-state index in [2.05, 4.69) is 41.8 Å². The standard InChI is InChI=1S/C19H27FN4S.HI/c1-5-21-18(23-12-14-7-6-8-15(20)11-14)22-10-9-17-24-16(13-25-17)19(2,3)4;/h6-8,11,13H,5,9-10,12H2,1-4H3,(H2,21,22,23);1H. The van der Waals surface area contributed by atoms with Crippen molar-refractivity contribution in [1.82, 2.24) is 15.6 Å². The number of benzene rings is 1. The predicted molar refractivity (Wildman–Crippen MR) is 119 cm³/mol. The molecule has 1 aromatic carbocycles. The van der Waals surface area contributed by atoms with Crippen LogP contribution in [0.2, 0.25) is 0 Å². The maximum absolute atomic E-state index is 13.2. The van der Waals surface area contributed by atoms with Crippen molar-refractivity contribution in [3.8, 4) is 0 Å². The van der Waals surface area contributed by atoms with E-state index in [9.17, 15) is 4.39 Å². The fourth-order valence-corrected chi connectivity index (χ4v) is 3.23. The molecule has 1 aromatic heterocycles. The third kappa shape index (κ3) is 7.57. The average Bonchev–Trinajstić information content (AvgIpc) is 3.02. The number of nitrogens with zero attached hydrogens (tertiary/aromatic N) is 2. The van der Waals surface area contributed by atoms with Crippen LogP contribution in [0.3, 0.4) is 0 Å². The largest absolute Gasteiger partial charge is 0.357 e. The minimum absolute atomic E-state index is 0. The van der Waals surface area contributed by atoms with E-state index in [1.165, 1.54) is 12.1 Å². The van der Waals surface area contributed by atoms with Crippen molar-refractivity contribution < 1.29 is 4.39 Å². The second kappa shape index (κ2) is 10.8. The summed E-state index contributed by atoms with van der Waals surface area (Å²) in [5.41, 5.74) is 2.08. The van der Waals surface area contributed by atoms with E-state index in [0.717, 1.165) is 41.7 Å². The van der Waals surface area contributed by atoms with Crippen molar-refractivity contribution in [1.29, 1.82) is 0 Å². The van der Waals surface area contributed by atoms with Gasteiger partial charge in [0.1, 0.15) is 5.82 Å². The molecule has 2 aromatic rings. The molecule has 1 heterocycles. The molecule has 0 saturated heterocycles. The fraction of sp³-hybridized carbons (Fsp3) is 0.474. The summed E-state index contributed by atoms with van der Waals surface area (Å²) in [5.74, 6) is 0.503. The number of halogens is 2. The molecule has 0 aliphatic carbocycles. The van der Waals surface area contributed by atoms with E-state index in [1.807, 2.05) is 13.0 Å². The number of hydrogen-bond acceptors (Lipinski definition) is 3. The first-order valence-electron chi connectivity index (χ1n) is 8.60. The Labute approximate surface area is 176 Å². The highest BCUT2D eigenvalue weighted by molar-refractivity contribution is 14.0. The van der Waals surface area contributed by atoms with Gasteiger partial charge in [-0.25, -0.2) is 14.4 Å². The molecule has 0 spiro atoms. The molecule has 2 N–H and O–H groups in total. The highest BCUT2D eigenvalue weighted by atomic mass is 127. The maximum atomic E-state index is 13.2. The lowest BCUT2D eigenvalue weighted by molar-refractivity contribution is 0.570. The van der Waals surface area contributed by atoms with Gasteiger partial charge in [0.25, 0.3) is 0 Å². The van der Waals surface area contributed by atoms with Crippen LogP contribution in [-0.4, -0.2) is 24.0 Å². The molecule has 7 heteroatoms. The Morgan fingerprint density at radius 3 is 2.65 bits per heavy atom. The molecule has 0 radical (unpaired) electrons. The van der Waals surface area contributed by atoms with Crippen molar-refractivity contribution in [2.45, 2.75) is 46.1 Å². The number of hydrogen-bond donors (Lipinski definition) is 2. The van der Waals surface area contributed by atoms with Gasteiger partial charge in [-0.1, -0.05) is 32.9 Å². The van der Waals surface area contributed by atoms with Gasteiger partial charge in [0.05, 0.1) is 17.2 Å². The summed E-state index contributed by atoms with van der Waals surface area (Å²) in [6, 6.07) is 6.53. The summed E-state index contributed by atoms with van der Waals surface area (Å²) >= 11 is 1.70. The Hall–Kier alpha value is -1.22. The number of guanidine groups is 1. The Bertz CT molecular complexity index is 710. The first kappa shape index (κ1) is 22.8. The molecule has 0 bridgehead atoms. The monoisotopic (exact) mass is 490 g/mol. The van der Waals surface area contributed by atoms with Crippen molar-refractivity contribution in [2.24, 2.45) is 4.99 Å². The minimum Gasteiger partial charge on any atom is -0.357 e. The van der Waals surface area contributed by atoms with Crippen LogP contribution in [-0.2, 0) is 18.4 Å². The molecule has 0 unspecified atom stereocenters. The number of thiazole rings is 1. The molecule has 0 aliphatic rings. The zero-order valence-electron chi connectivity index (χ0n) is 15.8. The summed E-state index contributed by atoms with van der Waals surface area (Å²) < 4.78 is 13.2. The summed E-state index contributed by atoms with van der Waals surface area (Å²) in [5, 5.41) is 9.79. The summed E-state index contributed by atoms with van der Waals surface area (Å²) in [7, 11) is 0. The van der Waals surface area contributed by atoms with Crippen molar-refractivity contribution in [3.63, 3.8) is 0 Å². The van der Waals surface area contributed by atoms with Crippen LogP contribution in [0.5, 0.6) is 0 Å². The maximum Gasteiger partial charge on any atom is 0.191 e. The predicted octanol–water partition coefficient (Wildman–Crippen LogP) is 4.50. The number of rotatable bonds is 6. The Balaban J connectivity index is 0.00000338. The molecule has 0 saturated carbocycles. The third-order valence-corrected chi connectivity index (χ3v) is 4.51. The van der Waals surface area contributed by atoms with Crippen LogP contribution in [0.15, 0.2) is 34.6 Å². The number of aliphatic imine (C=N–C) groups is 1. The highest BCUT2D eigenvalue weighted by Crippen LogP contribution is 2.23. The molecule has 0 amide bonds. The summed E-state index contributed by atoms with van der Waals surface area (Å²) in [6.45, 7) is 10.5. The zero-order valence-corrected chi connectivity index (χ0v) is 19.0. The lowest BCUT2D eigenvalue weighted by atomic mass is 9.93. The van der Waals surface area contributed by atoms with E-state index < -0.39 is 0 Å². The van der Waals surface area contributed by atoms with E-state index in [0.29, 0.717) is 6.54 Å². The highest BCUT2D eigenvalue weighted by Gasteiger charge is 2.17. The molecular formula is C19H28FIN4S. The Morgan fingerprint density at radius 1 is 1.27 bits per heavy atom. The zero-order chi connectivity index (χ0) is 18.3. The van der Waals surface area contributed by atoms with E-state index in [1.54, 1.807) is 17.4 Å². The van der Waals surface area contributed by atoms with E-state index >= 15 is 0 Å². The van der Waals surface area contributed by atoms with Crippen LogP contribution in [0, 0.1) is 5.82 Å². The minimum atomic E-state index is -0.232. The number of aromatic nitrogens is 1. The SMILES string of the molecule is CCNC(=NCc1cccc(F)c1)NCCc1nc(C(C)(C)C)cs1.I. The van der Waals surface area contributed by atoms with Crippen LogP contribution in [0.1, 0.15) is 44.0 Å². The molecule has 0 aliphatic heterocycles. The quantitative estimate of drug-likeness (QED) is 0.356. The van der Waals surface area contributed by atoms with E-state index in [4.69, 9.17) is 4.98 Å². The smallest absolute Gasteiger partial charge is 0.191 e. The first-order valence-corrected chi connectivity index (χ1v) is 9.48. The fourth-order valence-electron chi connectivity index (χ4n) is 2.21. The van der Waals surface area contributed by atoms with Crippen LogP contribution in [0.25, 0.3) is 0 Å². The number of nitrogens with one attached hydrogen (secondary N) is 2. The van der Waals surface area contributed by atoms with Gasteiger partial charge >= 0.3 is 0 Å². The lowest BCUT2D eigenvalue weighted by Crippen LogP contribution is -2.38. The molecule has 2 rings (SSSR count). The molecule has 0 atom stereocenters. The van der Waals surface area contributed by atoms with Crippen molar-refractivity contribution in [2.75, 3.05) is 13.1 Å². The van der Waals surface area contributed by atoms with Gasteiger partial charge in [0.2, 0.25) is 0 Å². The topological polar surface area (TPSA) is 49.3 Å². The molecule has 26 heavy (non-hydrogen) atoms. The van der Waals surface area contributed by atoms with E-state index in [-0.39, 0.29) is 35.2 Å². The Morgan fingerprint density at radius 2 is 2.04 bits per heavy atom. The van der Waals surface area contributed by atoms with Gasteiger partial charge < -0.3 is 10.6 Å². The van der Waals surface area contributed by atoms with Crippen LogP contribution >= 0.6 is 35.3 Å². The molecular weight excluding hydrogens is 462 g/mol. The van der Waals surface area contributed by atoms with Gasteiger partial charge in [0, 0.05) is 30.3 Å². The third-order valence-electron chi connectivity index (χ3n) is 3.60. The summed E-state index contributed by atoms with van der Waals surface area (Å²) in [6.07, 6.45) is 0.852. The van der Waals surface area contributed by atoms with Gasteiger partial charge in [-0.05, 0) is 24.6 Å². The molecule has 144 valence electrons. The Kier molecular flexibility index (Phi) is 9.49. The van der Waals surface area contributed by atoms with Crippen molar-refractivity contribution in [3.05, 3.63) is 51.7 Å². The van der Waals surface area contributed by atoms with Crippen molar-refractivity contribution >= 4 is 41.3 Å². The molecule has 4 nitrogen and oxygen atoms in total. The normalized spacial score (nSPS) is 11.8. The second-order valence-electron chi connectivity index (χ2n) is 6.88. The van der Waals surface area contributed by atoms with Gasteiger partial charge in [-0.15, -0.1) is 35.3 Å². The lowest BCUT2D eigenvalue weighted by Gasteiger charge is -2.14.